The largest absolute Gasteiger partial charge is 0.443 e. The van der Waals surface area contributed by atoms with Crippen molar-refractivity contribution in [1.29, 1.82) is 0 Å². The fourth-order valence-corrected chi connectivity index (χ4v) is 4.25. The molecule has 0 aromatic heterocycles. The Morgan fingerprint density at radius 2 is 1.83 bits per heavy atom. The molecule has 0 aromatic carbocycles. The van der Waals surface area contributed by atoms with E-state index >= 15 is 0 Å². The van der Waals surface area contributed by atoms with Crippen molar-refractivity contribution in [2.75, 3.05) is 26.2 Å². The minimum Gasteiger partial charge on any atom is -0.443 e. The van der Waals surface area contributed by atoms with Crippen LogP contribution in [-0.2, 0) is 4.74 Å². The predicted molar refractivity (Wildman–Crippen MR) is 94.5 cm³/mol. The van der Waals surface area contributed by atoms with Crippen LogP contribution in [-0.4, -0.2) is 42.8 Å². The van der Waals surface area contributed by atoms with Gasteiger partial charge in [0, 0.05) is 13.1 Å². The molecule has 23 heavy (non-hydrogen) atoms. The van der Waals surface area contributed by atoms with Crippen LogP contribution in [0.25, 0.3) is 0 Å². The first-order valence-corrected chi connectivity index (χ1v) is 9.63. The lowest BCUT2D eigenvalue weighted by atomic mass is 9.78. The maximum atomic E-state index is 12.5. The Labute approximate surface area is 142 Å². The molecule has 1 N–H and O–H groups in total. The quantitative estimate of drug-likeness (QED) is 0.829. The van der Waals surface area contributed by atoms with Gasteiger partial charge >= 0.3 is 6.09 Å². The number of rotatable bonds is 5. The number of carbonyl (C=O) groups is 1. The summed E-state index contributed by atoms with van der Waals surface area (Å²) in [5.74, 6) is 2.16. The Bertz CT molecular complexity index is 376. The van der Waals surface area contributed by atoms with Gasteiger partial charge in [-0.05, 0) is 70.4 Å². The Morgan fingerprint density at radius 1 is 1.13 bits per heavy atom. The minimum atomic E-state index is -0.379. The van der Waals surface area contributed by atoms with E-state index in [1.54, 1.807) is 0 Å². The molecule has 1 amide bonds. The topological polar surface area (TPSA) is 41.6 Å². The Kier molecular flexibility index (Phi) is 6.75. The van der Waals surface area contributed by atoms with Crippen molar-refractivity contribution in [2.24, 2.45) is 17.8 Å². The average Bonchev–Trinajstić information content (AvgIpc) is 2.54. The zero-order valence-corrected chi connectivity index (χ0v) is 15.6. The second-order valence-electron chi connectivity index (χ2n) is 8.09. The first kappa shape index (κ1) is 18.6. The highest BCUT2D eigenvalue weighted by Crippen LogP contribution is 2.32. The molecule has 2 aliphatic rings. The summed E-state index contributed by atoms with van der Waals surface area (Å²) >= 11 is 0. The van der Waals surface area contributed by atoms with Gasteiger partial charge in [-0.2, -0.15) is 0 Å². The van der Waals surface area contributed by atoms with E-state index in [1.165, 1.54) is 19.3 Å². The first-order chi connectivity index (χ1) is 10.9. The van der Waals surface area contributed by atoms with Crippen LogP contribution in [0, 0.1) is 17.8 Å². The zero-order chi connectivity index (χ0) is 16.9. The highest BCUT2D eigenvalue weighted by Gasteiger charge is 2.34. The molecule has 2 unspecified atom stereocenters. The summed E-state index contributed by atoms with van der Waals surface area (Å²) in [6.07, 6.45) is 6.78. The number of carbonyl (C=O) groups excluding carboxylic acids is 1. The fourth-order valence-electron chi connectivity index (χ4n) is 4.25. The van der Waals surface area contributed by atoms with Gasteiger partial charge in [0.2, 0.25) is 0 Å². The lowest BCUT2D eigenvalue weighted by molar-refractivity contribution is -0.0139. The summed E-state index contributed by atoms with van der Waals surface area (Å²) in [7, 11) is 0. The molecule has 0 radical (unpaired) electrons. The van der Waals surface area contributed by atoms with Gasteiger partial charge in [-0.15, -0.1) is 0 Å². The van der Waals surface area contributed by atoms with Gasteiger partial charge in [0.05, 0.1) is 0 Å². The lowest BCUT2D eigenvalue weighted by Gasteiger charge is -2.38. The van der Waals surface area contributed by atoms with Crippen molar-refractivity contribution in [3.05, 3.63) is 0 Å². The molecule has 2 atom stereocenters. The number of amides is 1. The smallest absolute Gasteiger partial charge is 0.410 e. The van der Waals surface area contributed by atoms with Crippen LogP contribution in [0.4, 0.5) is 4.79 Å². The molecule has 2 aliphatic heterocycles. The van der Waals surface area contributed by atoms with E-state index < -0.39 is 0 Å². The number of likely N-dealkylation sites (tertiary alicyclic amines) is 1. The van der Waals surface area contributed by atoms with E-state index in [0.717, 1.165) is 57.3 Å². The minimum absolute atomic E-state index is 0.110. The molecule has 2 fully saturated rings. The number of ether oxygens (including phenoxy) is 1. The second-order valence-corrected chi connectivity index (χ2v) is 8.09. The Balaban J connectivity index is 1.83. The van der Waals surface area contributed by atoms with Gasteiger partial charge < -0.3 is 15.0 Å². The number of hydrogen-bond acceptors (Lipinski definition) is 3. The van der Waals surface area contributed by atoms with Gasteiger partial charge in [-0.25, -0.2) is 4.79 Å². The third-order valence-electron chi connectivity index (χ3n) is 5.86. The van der Waals surface area contributed by atoms with E-state index in [9.17, 15) is 4.79 Å². The molecule has 0 spiro atoms. The van der Waals surface area contributed by atoms with Crippen LogP contribution in [0.2, 0.25) is 0 Å². The maximum Gasteiger partial charge on any atom is 0.410 e. The van der Waals surface area contributed by atoms with Gasteiger partial charge in [-0.1, -0.05) is 26.7 Å². The number of piperidine rings is 2. The number of hydrogen-bond donors (Lipinski definition) is 1. The van der Waals surface area contributed by atoms with E-state index in [0.29, 0.717) is 5.92 Å². The van der Waals surface area contributed by atoms with Crippen LogP contribution in [0.15, 0.2) is 0 Å². The highest BCUT2D eigenvalue weighted by atomic mass is 16.6. The molecule has 0 saturated carbocycles. The summed E-state index contributed by atoms with van der Waals surface area (Å²) in [6.45, 7) is 12.6. The fraction of sp³-hybridized carbons (Fsp3) is 0.947. The standard InChI is InChI=1S/C19H36N2O2/c1-5-15-8-11-21(12-9-15)18(22)23-19(3,4)13-17-14-20-10-7-16(17)6-2/h15-17,20H,5-14H2,1-4H3. The molecule has 0 aromatic rings. The Hall–Kier alpha value is -0.770. The van der Waals surface area contributed by atoms with Crippen LogP contribution < -0.4 is 5.32 Å². The van der Waals surface area contributed by atoms with Gasteiger partial charge in [0.25, 0.3) is 0 Å². The van der Waals surface area contributed by atoms with Crippen molar-refractivity contribution in [3.8, 4) is 0 Å². The van der Waals surface area contributed by atoms with E-state index in [-0.39, 0.29) is 11.7 Å². The molecule has 4 nitrogen and oxygen atoms in total. The summed E-state index contributed by atoms with van der Waals surface area (Å²) in [6, 6.07) is 0. The molecule has 2 rings (SSSR count). The second kappa shape index (κ2) is 8.36. The number of nitrogens with one attached hydrogen (secondary N) is 1. The van der Waals surface area contributed by atoms with E-state index in [4.69, 9.17) is 4.74 Å². The monoisotopic (exact) mass is 324 g/mol. The maximum absolute atomic E-state index is 12.5. The van der Waals surface area contributed by atoms with Crippen LogP contribution in [0.1, 0.15) is 66.2 Å². The van der Waals surface area contributed by atoms with E-state index in [2.05, 4.69) is 33.0 Å². The van der Waals surface area contributed by atoms with Crippen molar-refractivity contribution < 1.29 is 9.53 Å². The first-order valence-electron chi connectivity index (χ1n) is 9.63. The summed E-state index contributed by atoms with van der Waals surface area (Å²) in [5.41, 5.74) is -0.379. The molecule has 4 heteroatoms. The van der Waals surface area contributed by atoms with E-state index in [1.807, 2.05) is 4.90 Å². The third-order valence-corrected chi connectivity index (χ3v) is 5.86. The van der Waals surface area contributed by atoms with Gasteiger partial charge in [-0.3, -0.25) is 0 Å². The summed E-state index contributed by atoms with van der Waals surface area (Å²) < 4.78 is 5.90. The molecule has 0 bridgehead atoms. The average molecular weight is 325 g/mol. The van der Waals surface area contributed by atoms with Crippen LogP contribution >= 0.6 is 0 Å². The van der Waals surface area contributed by atoms with Gasteiger partial charge in [0.15, 0.2) is 0 Å². The van der Waals surface area contributed by atoms with Gasteiger partial charge in [0.1, 0.15) is 5.60 Å². The molecular formula is C19H36N2O2. The lowest BCUT2D eigenvalue weighted by Crippen LogP contribution is -2.45. The normalized spacial score (nSPS) is 27.0. The van der Waals surface area contributed by atoms with Crippen LogP contribution in [0.3, 0.4) is 0 Å². The van der Waals surface area contributed by atoms with Crippen molar-refractivity contribution in [3.63, 3.8) is 0 Å². The third kappa shape index (κ3) is 5.37. The predicted octanol–water partition coefficient (Wildman–Crippen LogP) is 4.05. The number of nitrogens with zero attached hydrogens (tertiary/aromatic N) is 1. The van der Waals surface area contributed by atoms with Crippen molar-refractivity contribution in [1.82, 2.24) is 10.2 Å². The Morgan fingerprint density at radius 3 is 2.43 bits per heavy atom. The van der Waals surface area contributed by atoms with Crippen molar-refractivity contribution in [2.45, 2.75) is 71.8 Å². The summed E-state index contributed by atoms with van der Waals surface area (Å²) in [5, 5.41) is 3.50. The zero-order valence-electron chi connectivity index (χ0n) is 15.6. The van der Waals surface area contributed by atoms with Crippen LogP contribution in [0.5, 0.6) is 0 Å². The molecule has 2 heterocycles. The summed E-state index contributed by atoms with van der Waals surface area (Å²) in [4.78, 5) is 14.4. The molecular weight excluding hydrogens is 288 g/mol. The highest BCUT2D eigenvalue weighted by molar-refractivity contribution is 5.68. The van der Waals surface area contributed by atoms with Crippen molar-refractivity contribution >= 4 is 6.09 Å². The molecule has 2 saturated heterocycles. The SMILES string of the molecule is CCC1CCN(C(=O)OC(C)(C)CC2CNCCC2CC)CC1. The molecule has 134 valence electrons. The molecule has 0 aliphatic carbocycles.